The Kier molecular flexibility index (Phi) is 3.66. The van der Waals surface area contributed by atoms with Crippen molar-refractivity contribution in [3.05, 3.63) is 35.4 Å². The van der Waals surface area contributed by atoms with Gasteiger partial charge in [0.05, 0.1) is 18.6 Å². The van der Waals surface area contributed by atoms with Gasteiger partial charge in [-0.15, -0.1) is 0 Å². The number of ether oxygens (including phenoxy) is 1. The van der Waals surface area contributed by atoms with Gasteiger partial charge in [-0.3, -0.25) is 9.69 Å². The second-order valence-electron chi connectivity index (χ2n) is 6.92. The van der Waals surface area contributed by atoms with Gasteiger partial charge < -0.3 is 10.1 Å². The number of rotatable bonds is 1. The molecule has 0 aromatic heterocycles. The molecule has 22 heavy (non-hydrogen) atoms. The van der Waals surface area contributed by atoms with E-state index in [0.29, 0.717) is 25.6 Å². The van der Waals surface area contributed by atoms with Crippen LogP contribution in [0.4, 0.5) is 0 Å². The molecule has 4 nitrogen and oxygen atoms in total. The summed E-state index contributed by atoms with van der Waals surface area (Å²) >= 11 is 0. The van der Waals surface area contributed by atoms with E-state index in [0.717, 1.165) is 25.9 Å². The van der Waals surface area contributed by atoms with E-state index in [9.17, 15) is 4.79 Å². The van der Waals surface area contributed by atoms with Crippen LogP contribution in [0.5, 0.6) is 0 Å². The molecule has 4 heteroatoms. The third kappa shape index (κ3) is 2.66. The SMILES string of the molecule is O=C1CC2(CCN(C3Cc4ccccc4C3)CC2)OCCN1. The fourth-order valence-electron chi connectivity index (χ4n) is 4.28. The van der Waals surface area contributed by atoms with Crippen molar-refractivity contribution in [3.63, 3.8) is 0 Å². The average molecular weight is 300 g/mol. The molecule has 2 saturated heterocycles. The highest BCUT2D eigenvalue weighted by Gasteiger charge is 2.40. The first-order chi connectivity index (χ1) is 10.7. The molecule has 0 bridgehead atoms. The van der Waals surface area contributed by atoms with Crippen molar-refractivity contribution in [2.75, 3.05) is 26.2 Å². The molecule has 0 saturated carbocycles. The van der Waals surface area contributed by atoms with Crippen molar-refractivity contribution in [2.24, 2.45) is 0 Å². The molecule has 1 spiro atoms. The molecule has 0 atom stereocenters. The number of nitrogens with one attached hydrogen (secondary N) is 1. The third-order valence-corrected chi connectivity index (χ3v) is 5.57. The van der Waals surface area contributed by atoms with E-state index in [4.69, 9.17) is 4.74 Å². The third-order valence-electron chi connectivity index (χ3n) is 5.57. The highest BCUT2D eigenvalue weighted by atomic mass is 16.5. The summed E-state index contributed by atoms with van der Waals surface area (Å²) in [6, 6.07) is 9.45. The van der Waals surface area contributed by atoms with E-state index in [1.807, 2.05) is 0 Å². The lowest BCUT2D eigenvalue weighted by Gasteiger charge is -2.42. The first kappa shape index (κ1) is 14.2. The molecule has 118 valence electrons. The Morgan fingerprint density at radius 3 is 2.50 bits per heavy atom. The lowest BCUT2D eigenvalue weighted by Crippen LogP contribution is -2.50. The largest absolute Gasteiger partial charge is 0.373 e. The highest BCUT2D eigenvalue weighted by Crippen LogP contribution is 2.34. The molecule has 1 amide bonds. The van der Waals surface area contributed by atoms with E-state index in [-0.39, 0.29) is 11.5 Å². The monoisotopic (exact) mass is 300 g/mol. The molecule has 1 aromatic carbocycles. The smallest absolute Gasteiger partial charge is 0.222 e. The summed E-state index contributed by atoms with van der Waals surface area (Å²) in [6.07, 6.45) is 4.83. The Bertz CT molecular complexity index is 539. The Hall–Kier alpha value is -1.39. The van der Waals surface area contributed by atoms with Crippen LogP contribution >= 0.6 is 0 Å². The molecule has 1 N–H and O–H groups in total. The van der Waals surface area contributed by atoms with E-state index >= 15 is 0 Å². The molecule has 4 rings (SSSR count). The lowest BCUT2D eigenvalue weighted by molar-refractivity contribution is -0.129. The number of hydrogen-bond donors (Lipinski definition) is 1. The topological polar surface area (TPSA) is 41.6 Å². The number of carbonyl (C=O) groups is 1. The number of carbonyl (C=O) groups excluding carboxylic acids is 1. The van der Waals surface area contributed by atoms with Gasteiger partial charge >= 0.3 is 0 Å². The molecule has 2 fully saturated rings. The number of amides is 1. The van der Waals surface area contributed by atoms with Crippen LogP contribution in [0.3, 0.4) is 0 Å². The number of nitrogens with zero attached hydrogens (tertiary/aromatic N) is 1. The van der Waals surface area contributed by atoms with E-state index in [1.165, 1.54) is 24.0 Å². The summed E-state index contributed by atoms with van der Waals surface area (Å²) in [5.74, 6) is 0.152. The molecule has 2 heterocycles. The van der Waals surface area contributed by atoms with Crippen LogP contribution in [-0.4, -0.2) is 48.7 Å². The predicted octanol–water partition coefficient (Wildman–Crippen LogP) is 1.52. The van der Waals surface area contributed by atoms with Gasteiger partial charge in [-0.25, -0.2) is 0 Å². The average Bonchev–Trinajstić information content (AvgIpc) is 2.88. The molecule has 1 aromatic rings. The summed E-state index contributed by atoms with van der Waals surface area (Å²) in [4.78, 5) is 14.4. The van der Waals surface area contributed by atoms with Crippen molar-refractivity contribution in [1.29, 1.82) is 0 Å². The van der Waals surface area contributed by atoms with Crippen molar-refractivity contribution >= 4 is 5.91 Å². The van der Waals surface area contributed by atoms with Crippen LogP contribution in [0.1, 0.15) is 30.4 Å². The summed E-state index contributed by atoms with van der Waals surface area (Å²) in [6.45, 7) is 3.40. The quantitative estimate of drug-likeness (QED) is 0.855. The van der Waals surface area contributed by atoms with Crippen molar-refractivity contribution in [2.45, 2.75) is 43.7 Å². The first-order valence-electron chi connectivity index (χ1n) is 8.46. The Balaban J connectivity index is 1.39. The summed E-state index contributed by atoms with van der Waals surface area (Å²) in [7, 11) is 0. The zero-order valence-corrected chi connectivity index (χ0v) is 13.0. The Morgan fingerprint density at radius 1 is 1.14 bits per heavy atom. The molecule has 2 aliphatic heterocycles. The van der Waals surface area contributed by atoms with Gasteiger partial charge in [-0.1, -0.05) is 24.3 Å². The minimum Gasteiger partial charge on any atom is -0.373 e. The Morgan fingerprint density at radius 2 is 1.82 bits per heavy atom. The van der Waals surface area contributed by atoms with Crippen LogP contribution in [0.2, 0.25) is 0 Å². The second-order valence-corrected chi connectivity index (χ2v) is 6.92. The molecule has 3 aliphatic rings. The minimum atomic E-state index is -0.206. The van der Waals surface area contributed by atoms with Crippen LogP contribution < -0.4 is 5.32 Å². The molecular weight excluding hydrogens is 276 g/mol. The zero-order valence-electron chi connectivity index (χ0n) is 13.0. The van der Waals surface area contributed by atoms with Crippen molar-refractivity contribution in [1.82, 2.24) is 10.2 Å². The van der Waals surface area contributed by atoms with Gasteiger partial charge in [-0.05, 0) is 36.8 Å². The number of piperidine rings is 1. The summed E-state index contributed by atoms with van der Waals surface area (Å²) in [5, 5.41) is 2.92. The first-order valence-corrected chi connectivity index (χ1v) is 8.46. The van der Waals surface area contributed by atoms with Crippen LogP contribution in [-0.2, 0) is 22.4 Å². The Labute approximate surface area is 131 Å². The maximum absolute atomic E-state index is 11.8. The van der Waals surface area contributed by atoms with Gasteiger partial charge in [-0.2, -0.15) is 0 Å². The van der Waals surface area contributed by atoms with Crippen LogP contribution in [0.15, 0.2) is 24.3 Å². The van der Waals surface area contributed by atoms with Crippen LogP contribution in [0, 0.1) is 0 Å². The number of hydrogen-bond acceptors (Lipinski definition) is 3. The molecule has 0 radical (unpaired) electrons. The van der Waals surface area contributed by atoms with E-state index < -0.39 is 0 Å². The van der Waals surface area contributed by atoms with Gasteiger partial charge in [0.1, 0.15) is 0 Å². The minimum absolute atomic E-state index is 0.152. The molecule has 1 aliphatic carbocycles. The summed E-state index contributed by atoms with van der Waals surface area (Å²) < 4.78 is 6.06. The van der Waals surface area contributed by atoms with Gasteiger partial charge in [0.25, 0.3) is 0 Å². The fourth-order valence-corrected chi connectivity index (χ4v) is 4.28. The fraction of sp³-hybridized carbons (Fsp3) is 0.611. The van der Waals surface area contributed by atoms with Gasteiger partial charge in [0.15, 0.2) is 0 Å². The van der Waals surface area contributed by atoms with Crippen molar-refractivity contribution in [3.8, 4) is 0 Å². The number of fused-ring (bicyclic) bond motifs is 1. The van der Waals surface area contributed by atoms with E-state index in [2.05, 4.69) is 34.5 Å². The van der Waals surface area contributed by atoms with Gasteiger partial charge in [0, 0.05) is 25.7 Å². The molecule has 0 unspecified atom stereocenters. The maximum Gasteiger partial charge on any atom is 0.222 e. The molecular formula is C18H24N2O2. The van der Waals surface area contributed by atoms with Gasteiger partial charge in [0.2, 0.25) is 5.91 Å². The highest BCUT2D eigenvalue weighted by molar-refractivity contribution is 5.77. The maximum atomic E-state index is 11.8. The number of benzene rings is 1. The second kappa shape index (κ2) is 5.67. The predicted molar refractivity (Wildman–Crippen MR) is 84.8 cm³/mol. The lowest BCUT2D eigenvalue weighted by atomic mass is 9.87. The van der Waals surface area contributed by atoms with E-state index in [1.54, 1.807) is 0 Å². The van der Waals surface area contributed by atoms with Crippen molar-refractivity contribution < 1.29 is 9.53 Å². The summed E-state index contributed by atoms with van der Waals surface area (Å²) in [5.41, 5.74) is 2.82. The zero-order chi connectivity index (χ0) is 15.0. The normalized spacial score (nSPS) is 25.7. The van der Waals surface area contributed by atoms with Crippen LogP contribution in [0.25, 0.3) is 0 Å². The standard InChI is InChI=1S/C18H24N2O2/c21-17-13-18(22-10-7-19-17)5-8-20(9-6-18)16-11-14-3-1-2-4-15(14)12-16/h1-4,16H,5-13H2,(H,19,21). The number of likely N-dealkylation sites (tertiary alicyclic amines) is 1.